The van der Waals surface area contributed by atoms with E-state index in [0.717, 1.165) is 28.0 Å². The summed E-state index contributed by atoms with van der Waals surface area (Å²) in [6.45, 7) is 5.81. The zero-order valence-corrected chi connectivity index (χ0v) is 18.9. The van der Waals surface area contributed by atoms with Crippen LogP contribution in [0, 0.1) is 12.7 Å². The van der Waals surface area contributed by atoms with Crippen molar-refractivity contribution in [2.24, 2.45) is 0 Å². The smallest absolute Gasteiger partial charge is 0.269 e. The van der Waals surface area contributed by atoms with E-state index in [1.165, 1.54) is 23.5 Å². The predicted octanol–water partition coefficient (Wildman–Crippen LogP) is 5.21. The molecule has 0 aliphatic carbocycles. The fraction of sp³-hybridized carbons (Fsp3) is 0.292. The van der Waals surface area contributed by atoms with Gasteiger partial charge in [-0.05, 0) is 50.1 Å². The van der Waals surface area contributed by atoms with E-state index in [0.29, 0.717) is 42.7 Å². The summed E-state index contributed by atoms with van der Waals surface area (Å²) in [5, 5.41) is 3.79. The second-order valence-electron chi connectivity index (χ2n) is 7.41. The first-order chi connectivity index (χ1) is 15.5. The van der Waals surface area contributed by atoms with Crippen LogP contribution < -0.4 is 5.32 Å². The molecule has 0 aliphatic heterocycles. The number of halogens is 1. The molecule has 1 amide bonds. The Morgan fingerprint density at radius 1 is 1.16 bits per heavy atom. The molecular formula is C24H25FN4O2S. The summed E-state index contributed by atoms with van der Waals surface area (Å²) in [6.07, 6.45) is 1.37. The van der Waals surface area contributed by atoms with Gasteiger partial charge in [-0.1, -0.05) is 24.3 Å². The van der Waals surface area contributed by atoms with Gasteiger partial charge in [-0.15, -0.1) is 11.3 Å². The number of amides is 1. The molecule has 6 nitrogen and oxygen atoms in total. The van der Waals surface area contributed by atoms with Crippen molar-refractivity contribution >= 4 is 34.2 Å². The molecule has 1 N–H and O–H groups in total. The lowest BCUT2D eigenvalue weighted by molar-refractivity contribution is 0.102. The Morgan fingerprint density at radius 3 is 2.72 bits per heavy atom. The van der Waals surface area contributed by atoms with Crippen LogP contribution in [0.25, 0.3) is 11.0 Å². The largest absolute Gasteiger partial charge is 0.382 e. The molecule has 0 atom stereocenters. The number of fused-ring (bicyclic) bond motifs is 1. The van der Waals surface area contributed by atoms with Gasteiger partial charge in [0.05, 0.1) is 21.7 Å². The Hall–Kier alpha value is -3.10. The highest BCUT2D eigenvalue weighted by Crippen LogP contribution is 2.24. The highest BCUT2D eigenvalue weighted by molar-refractivity contribution is 7.14. The van der Waals surface area contributed by atoms with Crippen LogP contribution in [0.3, 0.4) is 0 Å². The van der Waals surface area contributed by atoms with Crippen molar-refractivity contribution in [3.63, 3.8) is 0 Å². The third kappa shape index (κ3) is 5.03. The van der Waals surface area contributed by atoms with Crippen molar-refractivity contribution < 1.29 is 13.9 Å². The summed E-state index contributed by atoms with van der Waals surface area (Å²) in [5.74, 6) is 0.0144. The van der Waals surface area contributed by atoms with E-state index in [-0.39, 0.29) is 11.7 Å². The van der Waals surface area contributed by atoms with E-state index in [1.807, 2.05) is 42.7 Å². The van der Waals surface area contributed by atoms with Crippen molar-refractivity contribution in [3.05, 3.63) is 75.5 Å². The van der Waals surface area contributed by atoms with Crippen molar-refractivity contribution in [2.45, 2.75) is 33.2 Å². The van der Waals surface area contributed by atoms with Gasteiger partial charge in [-0.3, -0.25) is 10.1 Å². The third-order valence-corrected chi connectivity index (χ3v) is 6.23. The number of ether oxygens (including phenoxy) is 1. The summed E-state index contributed by atoms with van der Waals surface area (Å²) in [5.41, 5.74) is 3.42. The summed E-state index contributed by atoms with van der Waals surface area (Å²) in [4.78, 5) is 22.8. The van der Waals surface area contributed by atoms with Gasteiger partial charge in [0.15, 0.2) is 0 Å². The number of hydrogen-bond donors (Lipinski definition) is 1. The molecule has 0 radical (unpaired) electrons. The molecule has 2 aromatic carbocycles. The Bertz CT molecular complexity index is 1220. The summed E-state index contributed by atoms with van der Waals surface area (Å²) >= 11 is 1.35. The minimum absolute atomic E-state index is 0.230. The second-order valence-corrected chi connectivity index (χ2v) is 8.49. The lowest BCUT2D eigenvalue weighted by Crippen LogP contribution is -2.16. The fourth-order valence-corrected chi connectivity index (χ4v) is 4.53. The first-order valence-electron chi connectivity index (χ1n) is 10.6. The highest BCUT2D eigenvalue weighted by atomic mass is 32.1. The van der Waals surface area contributed by atoms with E-state index in [4.69, 9.17) is 4.74 Å². The molecule has 8 heteroatoms. The molecule has 0 bridgehead atoms. The van der Waals surface area contributed by atoms with Gasteiger partial charge in [0.25, 0.3) is 5.91 Å². The van der Waals surface area contributed by atoms with Gasteiger partial charge >= 0.3 is 0 Å². The van der Waals surface area contributed by atoms with Crippen LogP contribution >= 0.6 is 11.3 Å². The van der Waals surface area contributed by atoms with E-state index in [2.05, 4.69) is 15.3 Å². The SMILES string of the molecule is CCOCCCn1c(NC(=O)c2sc(Cc3ccc(F)cc3)nc2C)nc2ccccc21. The van der Waals surface area contributed by atoms with Crippen LogP contribution in [0.1, 0.15) is 39.3 Å². The average molecular weight is 453 g/mol. The highest BCUT2D eigenvalue weighted by Gasteiger charge is 2.19. The maximum absolute atomic E-state index is 13.2. The number of aryl methyl sites for hydroxylation is 2. The van der Waals surface area contributed by atoms with E-state index in [1.54, 1.807) is 12.1 Å². The number of anilines is 1. The number of nitrogens with zero attached hydrogens (tertiary/aromatic N) is 3. The first-order valence-corrected chi connectivity index (χ1v) is 11.4. The third-order valence-electron chi connectivity index (χ3n) is 5.07. The van der Waals surface area contributed by atoms with E-state index in [9.17, 15) is 9.18 Å². The zero-order chi connectivity index (χ0) is 22.5. The number of hydrogen-bond acceptors (Lipinski definition) is 5. The first kappa shape index (κ1) is 22.1. The lowest BCUT2D eigenvalue weighted by Gasteiger charge is -2.10. The number of imidazole rings is 1. The van der Waals surface area contributed by atoms with Gasteiger partial charge in [-0.25, -0.2) is 14.4 Å². The minimum atomic E-state index is -0.270. The molecule has 0 fully saturated rings. The Labute approximate surface area is 190 Å². The number of aromatic nitrogens is 3. The van der Waals surface area contributed by atoms with Crippen LogP contribution in [0.15, 0.2) is 48.5 Å². The average Bonchev–Trinajstić information content (AvgIpc) is 3.32. The van der Waals surface area contributed by atoms with Gasteiger partial charge in [-0.2, -0.15) is 0 Å². The number of nitrogens with one attached hydrogen (secondary N) is 1. The lowest BCUT2D eigenvalue weighted by atomic mass is 10.1. The van der Waals surface area contributed by atoms with Crippen LogP contribution in [0.5, 0.6) is 0 Å². The van der Waals surface area contributed by atoms with Gasteiger partial charge < -0.3 is 9.30 Å². The molecule has 0 saturated heterocycles. The molecule has 0 aliphatic rings. The summed E-state index contributed by atoms with van der Waals surface area (Å²) < 4.78 is 20.6. The Morgan fingerprint density at radius 2 is 1.94 bits per heavy atom. The Balaban J connectivity index is 1.53. The Kier molecular flexibility index (Phi) is 6.92. The molecule has 0 spiro atoms. The van der Waals surface area contributed by atoms with Crippen LogP contribution in [-0.4, -0.2) is 33.7 Å². The van der Waals surface area contributed by atoms with E-state index >= 15 is 0 Å². The molecule has 32 heavy (non-hydrogen) atoms. The quantitative estimate of drug-likeness (QED) is 0.354. The van der Waals surface area contributed by atoms with Gasteiger partial charge in [0, 0.05) is 26.2 Å². The normalized spacial score (nSPS) is 11.2. The molecule has 166 valence electrons. The van der Waals surface area contributed by atoms with Crippen molar-refractivity contribution in [1.29, 1.82) is 0 Å². The van der Waals surface area contributed by atoms with Crippen molar-refractivity contribution in [3.8, 4) is 0 Å². The number of thiazole rings is 1. The minimum Gasteiger partial charge on any atom is -0.382 e. The number of rotatable bonds is 9. The standard InChI is InChI=1S/C24H25FN4O2S/c1-3-31-14-6-13-29-20-8-5-4-7-19(20)27-24(29)28-23(30)22-16(2)26-21(32-22)15-17-9-11-18(25)12-10-17/h4-5,7-12H,3,6,13-15H2,1-2H3,(H,27,28,30). The molecule has 2 aromatic heterocycles. The molecule has 4 aromatic rings. The predicted molar refractivity (Wildman–Crippen MR) is 125 cm³/mol. The second kappa shape index (κ2) is 10.0. The molecule has 4 rings (SSSR count). The molecule has 0 unspecified atom stereocenters. The van der Waals surface area contributed by atoms with Gasteiger partial charge in [0.2, 0.25) is 5.95 Å². The molecular weight excluding hydrogens is 427 g/mol. The molecule has 0 saturated carbocycles. The van der Waals surface area contributed by atoms with E-state index < -0.39 is 0 Å². The summed E-state index contributed by atoms with van der Waals surface area (Å²) in [6, 6.07) is 14.1. The van der Waals surface area contributed by atoms with Crippen molar-refractivity contribution in [2.75, 3.05) is 18.5 Å². The zero-order valence-electron chi connectivity index (χ0n) is 18.1. The number of carbonyl (C=O) groups is 1. The number of benzene rings is 2. The van der Waals surface area contributed by atoms with Crippen LogP contribution in [-0.2, 0) is 17.7 Å². The van der Waals surface area contributed by atoms with Crippen LogP contribution in [0.4, 0.5) is 10.3 Å². The van der Waals surface area contributed by atoms with Crippen molar-refractivity contribution in [1.82, 2.24) is 14.5 Å². The maximum Gasteiger partial charge on any atom is 0.269 e. The van der Waals surface area contributed by atoms with Gasteiger partial charge in [0.1, 0.15) is 10.7 Å². The van der Waals surface area contributed by atoms with Crippen LogP contribution in [0.2, 0.25) is 0 Å². The summed E-state index contributed by atoms with van der Waals surface area (Å²) in [7, 11) is 0. The maximum atomic E-state index is 13.2. The topological polar surface area (TPSA) is 69.0 Å². The molecule has 2 heterocycles. The monoisotopic (exact) mass is 452 g/mol. The number of carbonyl (C=O) groups excluding carboxylic acids is 1. The fourth-order valence-electron chi connectivity index (χ4n) is 3.54. The number of para-hydroxylation sites is 2.